The molecule has 0 spiro atoms. The van der Waals surface area contributed by atoms with E-state index >= 15 is 0 Å². The first-order valence-electron chi connectivity index (χ1n) is 5.74. The molecule has 0 aliphatic carbocycles. The minimum absolute atomic E-state index is 0.101. The Morgan fingerprint density at radius 2 is 2.00 bits per heavy atom. The molecule has 0 saturated heterocycles. The van der Waals surface area contributed by atoms with Gasteiger partial charge in [-0.2, -0.15) is 0 Å². The third kappa shape index (κ3) is 3.08. The van der Waals surface area contributed by atoms with Crippen LogP contribution in [0.15, 0.2) is 34.8 Å². The molecular formula is C14H14BrClOS. The van der Waals surface area contributed by atoms with Gasteiger partial charge in [-0.25, -0.2) is 0 Å². The molecule has 0 N–H and O–H groups in total. The van der Waals surface area contributed by atoms with Gasteiger partial charge in [-0.3, -0.25) is 0 Å². The maximum absolute atomic E-state index is 6.50. The number of ether oxygens (including phenoxy) is 1. The van der Waals surface area contributed by atoms with E-state index in [0.717, 1.165) is 20.7 Å². The van der Waals surface area contributed by atoms with Gasteiger partial charge in [0.05, 0.1) is 12.0 Å². The average molecular weight is 346 g/mol. The number of hydrogen-bond acceptors (Lipinski definition) is 2. The van der Waals surface area contributed by atoms with Crippen LogP contribution in [0.1, 0.15) is 27.6 Å². The Bertz CT molecular complexity index is 502. The van der Waals surface area contributed by atoms with Gasteiger partial charge in [-0.1, -0.05) is 12.1 Å². The lowest BCUT2D eigenvalue weighted by atomic mass is 10.1. The van der Waals surface area contributed by atoms with Gasteiger partial charge < -0.3 is 4.74 Å². The molecular weight excluding hydrogens is 332 g/mol. The van der Waals surface area contributed by atoms with Gasteiger partial charge in [0.1, 0.15) is 5.75 Å². The van der Waals surface area contributed by atoms with Crippen LogP contribution in [0, 0.1) is 6.92 Å². The van der Waals surface area contributed by atoms with Crippen LogP contribution < -0.4 is 4.74 Å². The predicted molar refractivity (Wildman–Crippen MR) is 82.1 cm³/mol. The van der Waals surface area contributed by atoms with Crippen molar-refractivity contribution in [3.63, 3.8) is 0 Å². The zero-order valence-electron chi connectivity index (χ0n) is 10.2. The standard InChI is InChI=1S/C14H14BrClOS/c1-3-17-11-6-4-10(5-7-11)14(16)13-8-12(15)9(2)18-13/h4-8,14H,3H2,1-2H3. The lowest BCUT2D eigenvalue weighted by Crippen LogP contribution is -1.93. The summed E-state index contributed by atoms with van der Waals surface area (Å²) in [6.45, 7) is 4.74. The quantitative estimate of drug-likeness (QED) is 0.660. The number of benzene rings is 1. The van der Waals surface area contributed by atoms with Crippen molar-refractivity contribution in [2.75, 3.05) is 6.61 Å². The third-order valence-corrected chi connectivity index (χ3v) is 5.43. The lowest BCUT2D eigenvalue weighted by molar-refractivity contribution is 0.340. The van der Waals surface area contributed by atoms with E-state index in [-0.39, 0.29) is 5.38 Å². The fourth-order valence-electron chi connectivity index (χ4n) is 1.67. The molecule has 0 radical (unpaired) electrons. The fraction of sp³-hybridized carbons (Fsp3) is 0.286. The number of rotatable bonds is 4. The summed E-state index contributed by atoms with van der Waals surface area (Å²) in [5.74, 6) is 0.883. The molecule has 1 aromatic heterocycles. The van der Waals surface area contributed by atoms with E-state index in [4.69, 9.17) is 16.3 Å². The van der Waals surface area contributed by atoms with Crippen molar-refractivity contribution in [3.8, 4) is 5.75 Å². The van der Waals surface area contributed by atoms with Gasteiger partial charge in [0.15, 0.2) is 0 Å². The zero-order valence-corrected chi connectivity index (χ0v) is 13.4. The molecule has 0 amide bonds. The van der Waals surface area contributed by atoms with Crippen molar-refractivity contribution in [1.29, 1.82) is 0 Å². The highest BCUT2D eigenvalue weighted by Gasteiger charge is 2.14. The van der Waals surface area contributed by atoms with E-state index in [1.54, 1.807) is 11.3 Å². The summed E-state index contributed by atoms with van der Waals surface area (Å²) in [5, 5.41) is -0.101. The van der Waals surface area contributed by atoms with Gasteiger partial charge >= 0.3 is 0 Å². The molecule has 1 heterocycles. The third-order valence-electron chi connectivity index (χ3n) is 2.61. The maximum Gasteiger partial charge on any atom is 0.119 e. The van der Waals surface area contributed by atoms with E-state index in [2.05, 4.69) is 28.9 Å². The first-order valence-corrected chi connectivity index (χ1v) is 7.79. The van der Waals surface area contributed by atoms with Crippen molar-refractivity contribution >= 4 is 38.9 Å². The largest absolute Gasteiger partial charge is 0.494 e. The van der Waals surface area contributed by atoms with Crippen LogP contribution in [0.2, 0.25) is 0 Å². The zero-order chi connectivity index (χ0) is 13.1. The van der Waals surface area contributed by atoms with E-state index in [1.807, 2.05) is 31.2 Å². The van der Waals surface area contributed by atoms with Gasteiger partial charge in [0.2, 0.25) is 0 Å². The van der Waals surface area contributed by atoms with Gasteiger partial charge in [0.25, 0.3) is 0 Å². The second-order valence-corrected chi connectivity index (χ2v) is 6.50. The van der Waals surface area contributed by atoms with Crippen LogP contribution in [-0.2, 0) is 0 Å². The summed E-state index contributed by atoms with van der Waals surface area (Å²) in [6.07, 6.45) is 0. The SMILES string of the molecule is CCOc1ccc(C(Cl)c2cc(Br)c(C)s2)cc1. The Kier molecular flexibility index (Phi) is 4.71. The summed E-state index contributed by atoms with van der Waals surface area (Å²) in [6, 6.07) is 10.1. The van der Waals surface area contributed by atoms with E-state index < -0.39 is 0 Å². The van der Waals surface area contributed by atoms with Gasteiger partial charge in [-0.05, 0) is 53.5 Å². The number of hydrogen-bond donors (Lipinski definition) is 0. The van der Waals surface area contributed by atoms with E-state index in [1.165, 1.54) is 4.88 Å². The number of alkyl halides is 1. The molecule has 0 aliphatic heterocycles. The molecule has 18 heavy (non-hydrogen) atoms. The van der Waals surface area contributed by atoms with Gasteiger partial charge in [-0.15, -0.1) is 22.9 Å². The monoisotopic (exact) mass is 344 g/mol. The Morgan fingerprint density at radius 1 is 1.33 bits per heavy atom. The first-order chi connectivity index (χ1) is 8.61. The molecule has 96 valence electrons. The normalized spacial score (nSPS) is 12.4. The summed E-state index contributed by atoms with van der Waals surface area (Å²) in [4.78, 5) is 2.41. The van der Waals surface area contributed by atoms with Crippen LogP contribution in [0.5, 0.6) is 5.75 Å². The van der Waals surface area contributed by atoms with Crippen molar-refractivity contribution < 1.29 is 4.74 Å². The van der Waals surface area contributed by atoms with Crippen LogP contribution >= 0.6 is 38.9 Å². The Morgan fingerprint density at radius 3 is 2.50 bits per heavy atom. The molecule has 4 heteroatoms. The van der Waals surface area contributed by atoms with Gasteiger partial charge in [0, 0.05) is 14.2 Å². The molecule has 0 fully saturated rings. The summed E-state index contributed by atoms with van der Waals surface area (Å²) < 4.78 is 6.55. The number of thiophene rings is 1. The highest BCUT2D eigenvalue weighted by molar-refractivity contribution is 9.10. The summed E-state index contributed by atoms with van der Waals surface area (Å²) in [5.41, 5.74) is 1.09. The average Bonchev–Trinajstić information content (AvgIpc) is 2.70. The topological polar surface area (TPSA) is 9.23 Å². The first kappa shape index (κ1) is 13.9. The Balaban J connectivity index is 2.20. The van der Waals surface area contributed by atoms with Crippen LogP contribution in [0.25, 0.3) is 0 Å². The Labute approximate surface area is 125 Å². The molecule has 0 bridgehead atoms. The van der Waals surface area contributed by atoms with Crippen LogP contribution in [0.4, 0.5) is 0 Å². The molecule has 0 aliphatic rings. The fourth-order valence-corrected chi connectivity index (χ4v) is 3.58. The minimum atomic E-state index is -0.101. The number of aryl methyl sites for hydroxylation is 1. The van der Waals surface area contributed by atoms with Crippen molar-refractivity contribution in [2.24, 2.45) is 0 Å². The summed E-state index contributed by atoms with van der Waals surface area (Å²) in [7, 11) is 0. The van der Waals surface area contributed by atoms with Crippen molar-refractivity contribution in [3.05, 3.63) is 50.1 Å². The molecule has 1 nitrogen and oxygen atoms in total. The molecule has 0 saturated carbocycles. The molecule has 1 atom stereocenters. The van der Waals surface area contributed by atoms with Crippen LogP contribution in [0.3, 0.4) is 0 Å². The van der Waals surface area contributed by atoms with Crippen LogP contribution in [-0.4, -0.2) is 6.61 Å². The predicted octanol–water partition coefficient (Wildman–Crippen LogP) is 5.55. The highest BCUT2D eigenvalue weighted by Crippen LogP contribution is 2.37. The molecule has 1 unspecified atom stereocenters. The van der Waals surface area contributed by atoms with E-state index in [0.29, 0.717) is 6.61 Å². The molecule has 1 aromatic carbocycles. The lowest BCUT2D eigenvalue weighted by Gasteiger charge is -2.09. The van der Waals surface area contributed by atoms with Crippen molar-refractivity contribution in [1.82, 2.24) is 0 Å². The van der Waals surface area contributed by atoms with Crippen molar-refractivity contribution in [2.45, 2.75) is 19.2 Å². The number of halogens is 2. The Hall–Kier alpha value is -0.510. The second kappa shape index (κ2) is 6.09. The molecule has 2 aromatic rings. The molecule has 2 rings (SSSR count). The smallest absolute Gasteiger partial charge is 0.119 e. The highest BCUT2D eigenvalue weighted by atomic mass is 79.9. The minimum Gasteiger partial charge on any atom is -0.494 e. The summed E-state index contributed by atoms with van der Waals surface area (Å²) >= 11 is 11.7. The second-order valence-electron chi connectivity index (χ2n) is 3.92. The van der Waals surface area contributed by atoms with E-state index in [9.17, 15) is 0 Å². The maximum atomic E-state index is 6.50.